The van der Waals surface area contributed by atoms with Crippen LogP contribution in [0.15, 0.2) is 138 Å². The molecule has 0 radical (unpaired) electrons. The van der Waals surface area contributed by atoms with Crippen molar-refractivity contribution in [2.75, 3.05) is 10.9 Å². The summed E-state index contributed by atoms with van der Waals surface area (Å²) in [6.45, 7) is 2.23. The maximum atomic E-state index is 14.0. The molecule has 0 aromatic heterocycles. The molecule has 8 heteroatoms. The normalized spacial score (nSPS) is 12.5. The van der Waals surface area contributed by atoms with Crippen molar-refractivity contribution in [2.24, 2.45) is 0 Å². The van der Waals surface area contributed by atoms with E-state index in [1.54, 1.807) is 30.3 Å². The third-order valence-corrected chi connectivity index (χ3v) is 10.3. The Labute approximate surface area is 274 Å². The van der Waals surface area contributed by atoms with Crippen molar-refractivity contribution in [3.8, 4) is 0 Å². The van der Waals surface area contributed by atoms with Gasteiger partial charge in [0.15, 0.2) is 0 Å². The van der Waals surface area contributed by atoms with E-state index in [4.69, 9.17) is 39.5 Å². The van der Waals surface area contributed by atoms with E-state index >= 15 is 0 Å². The summed E-state index contributed by atoms with van der Waals surface area (Å²) in [7, 11) is -4.01. The molecule has 226 valence electrons. The van der Waals surface area contributed by atoms with Crippen LogP contribution in [0.4, 0.5) is 5.69 Å². The summed E-state index contributed by atoms with van der Waals surface area (Å²) < 4.78 is 36.4. The summed E-state index contributed by atoms with van der Waals surface area (Å²) in [4.78, 5) is 0.109. The summed E-state index contributed by atoms with van der Waals surface area (Å²) in [5, 5.41) is 1.11. The molecule has 0 saturated carbocycles. The maximum absolute atomic E-state index is 14.0. The first-order valence-corrected chi connectivity index (χ1v) is 16.9. The Balaban J connectivity index is 1.46. The molecule has 0 fully saturated rings. The Morgan fingerprint density at radius 3 is 1.66 bits per heavy atom. The van der Waals surface area contributed by atoms with Crippen LogP contribution in [-0.4, -0.2) is 21.1 Å². The number of anilines is 1. The first kappa shape index (κ1) is 32.1. The largest absolute Gasteiger partial charge is 0.361 e. The summed E-state index contributed by atoms with van der Waals surface area (Å²) >= 11 is 18.9. The summed E-state index contributed by atoms with van der Waals surface area (Å²) in [5.41, 5.74) is 2.46. The zero-order chi connectivity index (χ0) is 31.2. The third kappa shape index (κ3) is 6.83. The second-order valence-electron chi connectivity index (χ2n) is 10.5. The van der Waals surface area contributed by atoms with E-state index in [1.165, 1.54) is 16.4 Å². The topological polar surface area (TPSA) is 46.6 Å². The van der Waals surface area contributed by atoms with E-state index in [0.717, 1.165) is 16.7 Å². The second-order valence-corrected chi connectivity index (χ2v) is 13.6. The number of nitrogens with zero attached hydrogens (tertiary/aromatic N) is 1. The van der Waals surface area contributed by atoms with Gasteiger partial charge in [0.2, 0.25) is 0 Å². The SMILES string of the molecule is CC(CCCOC(c1ccccc1)(c1ccccc1)c1ccccc1)N(c1cc(Cl)ccc1Cl)S(=O)(=O)c1ccc(Cl)cc1. The van der Waals surface area contributed by atoms with Gasteiger partial charge in [0, 0.05) is 22.7 Å². The fourth-order valence-corrected chi connectivity index (χ4v) is 7.72. The molecule has 0 aliphatic rings. The van der Waals surface area contributed by atoms with E-state index < -0.39 is 21.7 Å². The van der Waals surface area contributed by atoms with Crippen molar-refractivity contribution in [2.45, 2.75) is 36.3 Å². The van der Waals surface area contributed by atoms with Crippen molar-refractivity contribution in [3.05, 3.63) is 165 Å². The quantitative estimate of drug-likeness (QED) is 0.0985. The number of halogens is 3. The van der Waals surface area contributed by atoms with Crippen molar-refractivity contribution in [1.82, 2.24) is 0 Å². The van der Waals surface area contributed by atoms with Crippen molar-refractivity contribution < 1.29 is 13.2 Å². The van der Waals surface area contributed by atoms with E-state index in [-0.39, 0.29) is 9.92 Å². The van der Waals surface area contributed by atoms with E-state index in [2.05, 4.69) is 36.4 Å². The van der Waals surface area contributed by atoms with Gasteiger partial charge in [-0.15, -0.1) is 0 Å². The van der Waals surface area contributed by atoms with Gasteiger partial charge < -0.3 is 4.74 Å². The molecular formula is C36H32Cl3NO3S. The first-order chi connectivity index (χ1) is 21.2. The van der Waals surface area contributed by atoms with Gasteiger partial charge in [-0.05, 0) is 78.9 Å². The summed E-state index contributed by atoms with van der Waals surface area (Å²) in [6, 6.07) is 40.9. The van der Waals surface area contributed by atoms with Crippen LogP contribution in [0.25, 0.3) is 0 Å². The van der Waals surface area contributed by atoms with Crippen LogP contribution in [0.5, 0.6) is 0 Å². The van der Waals surface area contributed by atoms with Crippen LogP contribution in [0, 0.1) is 0 Å². The van der Waals surface area contributed by atoms with Crippen molar-refractivity contribution >= 4 is 50.5 Å². The van der Waals surface area contributed by atoms with Gasteiger partial charge in [0.25, 0.3) is 10.0 Å². The minimum Gasteiger partial charge on any atom is -0.361 e. The van der Waals surface area contributed by atoms with E-state index in [9.17, 15) is 8.42 Å². The second kappa shape index (κ2) is 14.2. The fraction of sp³-hybridized carbons (Fsp3) is 0.167. The predicted octanol–water partition coefficient (Wildman–Crippen LogP) is 10.0. The lowest BCUT2D eigenvalue weighted by Crippen LogP contribution is -2.39. The van der Waals surface area contributed by atoms with Gasteiger partial charge in [0.05, 0.1) is 15.6 Å². The fourth-order valence-electron chi connectivity index (χ4n) is 5.47. The van der Waals surface area contributed by atoms with Gasteiger partial charge >= 0.3 is 0 Å². The lowest BCUT2D eigenvalue weighted by molar-refractivity contribution is 0.0104. The highest BCUT2D eigenvalue weighted by Gasteiger charge is 2.38. The lowest BCUT2D eigenvalue weighted by atomic mass is 9.80. The van der Waals surface area contributed by atoms with Gasteiger partial charge in [-0.1, -0.05) is 126 Å². The summed E-state index contributed by atoms with van der Waals surface area (Å²) in [6.07, 6.45) is 1.06. The van der Waals surface area contributed by atoms with Crippen LogP contribution in [0.3, 0.4) is 0 Å². The zero-order valence-corrected chi connectivity index (χ0v) is 27.2. The summed E-state index contributed by atoms with van der Waals surface area (Å²) in [5.74, 6) is 0. The number of rotatable bonds is 12. The van der Waals surface area contributed by atoms with Crippen molar-refractivity contribution in [1.29, 1.82) is 0 Å². The molecule has 4 nitrogen and oxygen atoms in total. The highest BCUT2D eigenvalue weighted by Crippen LogP contribution is 2.41. The van der Waals surface area contributed by atoms with Crippen LogP contribution in [0.2, 0.25) is 15.1 Å². The minimum absolute atomic E-state index is 0.109. The lowest BCUT2D eigenvalue weighted by Gasteiger charge is -2.36. The molecule has 0 heterocycles. The van der Waals surface area contributed by atoms with Gasteiger partial charge in [-0.3, -0.25) is 4.31 Å². The Bertz CT molecular complexity index is 1670. The molecule has 1 atom stereocenters. The van der Waals surface area contributed by atoms with Gasteiger partial charge in [0.1, 0.15) is 5.60 Å². The molecule has 1 unspecified atom stereocenters. The Morgan fingerprint density at radius 2 is 1.16 bits per heavy atom. The predicted molar refractivity (Wildman–Crippen MR) is 181 cm³/mol. The number of sulfonamides is 1. The average molecular weight is 665 g/mol. The highest BCUT2D eigenvalue weighted by atomic mass is 35.5. The average Bonchev–Trinajstić information content (AvgIpc) is 3.04. The molecule has 0 N–H and O–H groups in total. The molecule has 0 bridgehead atoms. The maximum Gasteiger partial charge on any atom is 0.264 e. The van der Waals surface area contributed by atoms with Crippen LogP contribution < -0.4 is 4.31 Å². The third-order valence-electron chi connectivity index (χ3n) is 7.54. The van der Waals surface area contributed by atoms with Crippen LogP contribution in [0.1, 0.15) is 36.5 Å². The molecule has 5 aromatic carbocycles. The molecule has 5 aromatic rings. The molecule has 0 aliphatic carbocycles. The Hall–Kier alpha value is -3.32. The first-order valence-electron chi connectivity index (χ1n) is 14.3. The molecule has 0 saturated heterocycles. The smallest absolute Gasteiger partial charge is 0.264 e. The van der Waals surface area contributed by atoms with Crippen molar-refractivity contribution in [3.63, 3.8) is 0 Å². The minimum atomic E-state index is -4.01. The van der Waals surface area contributed by atoms with Gasteiger partial charge in [-0.25, -0.2) is 8.42 Å². The standard InChI is InChI=1S/C36H32Cl3NO3S/c1-27(40(35-26-32(38)21-24-34(35)39)44(41,42)33-22-19-31(37)20-23-33)12-11-25-43-36(28-13-5-2-6-14-28,29-15-7-3-8-16-29)30-17-9-4-10-18-30/h2-10,13-24,26-27H,11-12,25H2,1H3. The van der Waals surface area contributed by atoms with Crippen LogP contribution >= 0.6 is 34.8 Å². The molecule has 5 rings (SSSR count). The molecule has 0 amide bonds. The Morgan fingerprint density at radius 1 is 0.682 bits per heavy atom. The molecule has 0 aliphatic heterocycles. The molecule has 44 heavy (non-hydrogen) atoms. The number of ether oxygens (including phenoxy) is 1. The molecule has 0 spiro atoms. The Kier molecular flexibility index (Phi) is 10.3. The monoisotopic (exact) mass is 663 g/mol. The van der Waals surface area contributed by atoms with Crippen LogP contribution in [-0.2, 0) is 20.4 Å². The van der Waals surface area contributed by atoms with E-state index in [1.807, 2.05) is 61.5 Å². The highest BCUT2D eigenvalue weighted by molar-refractivity contribution is 7.92. The number of benzene rings is 5. The number of hydrogen-bond acceptors (Lipinski definition) is 3. The van der Waals surface area contributed by atoms with E-state index in [0.29, 0.717) is 35.2 Å². The number of hydrogen-bond donors (Lipinski definition) is 0. The molecular weight excluding hydrogens is 633 g/mol. The van der Waals surface area contributed by atoms with Gasteiger partial charge in [-0.2, -0.15) is 0 Å². The zero-order valence-electron chi connectivity index (χ0n) is 24.1.